The fraction of sp³-hybridized carbons (Fsp3) is 0.930. The Bertz CT molecular complexity index is 827. The third-order valence-corrected chi connectivity index (χ3v) is 10.6. The van der Waals surface area contributed by atoms with Crippen molar-refractivity contribution >= 4 is 5.91 Å². The number of rotatable bonds is 36. The number of hydrogen-bond donors (Lipinski definition) is 6. The Balaban J connectivity index is 2.31. The van der Waals surface area contributed by atoms with E-state index in [1.165, 1.54) is 141 Å². The second-order valence-electron chi connectivity index (χ2n) is 15.5. The van der Waals surface area contributed by atoms with Crippen molar-refractivity contribution in [3.8, 4) is 0 Å². The average Bonchev–Trinajstić information content (AvgIpc) is 3.14. The minimum Gasteiger partial charge on any atom is -0.394 e. The molecule has 0 saturated carbocycles. The molecule has 0 aliphatic carbocycles. The fourth-order valence-corrected chi connectivity index (χ4v) is 7.04. The molecule has 1 saturated heterocycles. The van der Waals surface area contributed by atoms with Crippen LogP contribution in [-0.2, 0) is 14.3 Å². The first-order valence-electron chi connectivity index (χ1n) is 21.9. The summed E-state index contributed by atoms with van der Waals surface area (Å²) in [7, 11) is 0. The molecule has 1 fully saturated rings. The van der Waals surface area contributed by atoms with Crippen molar-refractivity contribution in [2.45, 2.75) is 243 Å². The number of aliphatic hydroxyl groups excluding tert-OH is 5. The van der Waals surface area contributed by atoms with E-state index in [0.29, 0.717) is 6.42 Å². The highest BCUT2D eigenvalue weighted by Gasteiger charge is 2.44. The minimum absolute atomic E-state index is 0.176. The van der Waals surface area contributed by atoms with Crippen LogP contribution in [0.4, 0.5) is 0 Å². The molecule has 9 nitrogen and oxygen atoms in total. The zero-order chi connectivity index (χ0) is 38.1. The Morgan fingerprint density at radius 2 is 1.06 bits per heavy atom. The predicted molar refractivity (Wildman–Crippen MR) is 212 cm³/mol. The Labute approximate surface area is 318 Å². The first-order valence-corrected chi connectivity index (χ1v) is 21.9. The monoisotopic (exact) mass is 742 g/mol. The number of hydrogen-bond acceptors (Lipinski definition) is 8. The van der Waals surface area contributed by atoms with E-state index in [4.69, 9.17) is 9.47 Å². The van der Waals surface area contributed by atoms with Crippen LogP contribution in [0.5, 0.6) is 0 Å². The number of ether oxygens (including phenoxy) is 2. The molecule has 1 heterocycles. The van der Waals surface area contributed by atoms with E-state index in [1.54, 1.807) is 6.08 Å². The number of allylic oxidation sites excluding steroid dienone is 1. The summed E-state index contributed by atoms with van der Waals surface area (Å²) in [4.78, 5) is 12.9. The first-order chi connectivity index (χ1) is 25.3. The van der Waals surface area contributed by atoms with Crippen LogP contribution in [0.1, 0.15) is 200 Å². The number of nitrogens with one attached hydrogen (secondary N) is 1. The third-order valence-electron chi connectivity index (χ3n) is 10.6. The summed E-state index contributed by atoms with van der Waals surface area (Å²) in [6, 6.07) is -0.796. The van der Waals surface area contributed by atoms with Crippen LogP contribution in [0.2, 0.25) is 0 Å². The normalized spacial score (nSPS) is 21.9. The van der Waals surface area contributed by atoms with E-state index in [1.807, 2.05) is 6.08 Å². The average molecular weight is 742 g/mol. The smallest absolute Gasteiger partial charge is 0.220 e. The van der Waals surface area contributed by atoms with Gasteiger partial charge in [0.15, 0.2) is 6.29 Å². The minimum atomic E-state index is -1.56. The maximum absolute atomic E-state index is 12.9. The molecule has 2 unspecified atom stereocenters. The molecule has 308 valence electrons. The van der Waals surface area contributed by atoms with Crippen molar-refractivity contribution in [3.05, 3.63) is 12.2 Å². The van der Waals surface area contributed by atoms with Crippen molar-refractivity contribution in [1.29, 1.82) is 0 Å². The summed E-state index contributed by atoms with van der Waals surface area (Å²) >= 11 is 0. The Morgan fingerprint density at radius 3 is 1.50 bits per heavy atom. The highest BCUT2D eigenvalue weighted by molar-refractivity contribution is 5.76. The van der Waals surface area contributed by atoms with Gasteiger partial charge in [0, 0.05) is 6.42 Å². The Hall–Kier alpha value is -1.07. The zero-order valence-corrected chi connectivity index (χ0v) is 33.6. The first kappa shape index (κ1) is 48.9. The van der Waals surface area contributed by atoms with E-state index < -0.39 is 49.5 Å². The number of carbonyl (C=O) groups excluding carboxylic acids is 1. The summed E-state index contributed by atoms with van der Waals surface area (Å²) in [5.74, 6) is -0.176. The van der Waals surface area contributed by atoms with Crippen LogP contribution in [0.25, 0.3) is 0 Å². The van der Waals surface area contributed by atoms with Gasteiger partial charge in [0.2, 0.25) is 5.91 Å². The molecule has 1 aliphatic heterocycles. The lowest BCUT2D eigenvalue weighted by molar-refractivity contribution is -0.302. The molecular weight excluding hydrogens is 658 g/mol. The van der Waals surface area contributed by atoms with Gasteiger partial charge in [-0.3, -0.25) is 4.79 Å². The van der Waals surface area contributed by atoms with Crippen molar-refractivity contribution in [2.24, 2.45) is 0 Å². The summed E-state index contributed by atoms with van der Waals surface area (Å²) in [5.41, 5.74) is 0. The molecule has 1 amide bonds. The van der Waals surface area contributed by atoms with E-state index in [-0.39, 0.29) is 12.5 Å². The summed E-state index contributed by atoms with van der Waals surface area (Å²) in [5, 5.41) is 54.0. The van der Waals surface area contributed by atoms with Gasteiger partial charge in [-0.15, -0.1) is 0 Å². The van der Waals surface area contributed by atoms with Gasteiger partial charge in [-0.1, -0.05) is 187 Å². The van der Waals surface area contributed by atoms with Gasteiger partial charge in [0.25, 0.3) is 0 Å². The number of amides is 1. The molecule has 0 radical (unpaired) electrons. The molecule has 1 rings (SSSR count). The third kappa shape index (κ3) is 25.1. The van der Waals surface area contributed by atoms with Crippen LogP contribution >= 0.6 is 0 Å². The van der Waals surface area contributed by atoms with Crippen LogP contribution in [0.3, 0.4) is 0 Å². The lowest BCUT2D eigenvalue weighted by atomic mass is 9.99. The SMILES string of the molecule is CCCCCCCCCC/C=C/[C@@H](O)[C@H](CO[C@H]1O[C@@H](CO)[C@H](O)C(O)C1O)NC(=O)CCCCCCCCCCCCCCCCCCCCC. The maximum atomic E-state index is 12.9. The number of unbranched alkanes of at least 4 members (excludes halogenated alkanes) is 26. The predicted octanol–water partition coefficient (Wildman–Crippen LogP) is 8.56. The highest BCUT2D eigenvalue weighted by Crippen LogP contribution is 2.22. The van der Waals surface area contributed by atoms with E-state index >= 15 is 0 Å². The Kier molecular flexibility index (Phi) is 32.4. The molecule has 7 atom stereocenters. The van der Waals surface area contributed by atoms with Crippen LogP contribution in [-0.4, -0.2) is 87.5 Å². The molecule has 0 aromatic rings. The van der Waals surface area contributed by atoms with E-state index in [0.717, 1.165) is 38.5 Å². The summed E-state index contributed by atoms with van der Waals surface area (Å²) in [6.07, 6.45) is 31.2. The molecule has 9 heteroatoms. The van der Waals surface area contributed by atoms with Gasteiger partial charge in [-0.25, -0.2) is 0 Å². The van der Waals surface area contributed by atoms with Crippen molar-refractivity contribution < 1.29 is 39.8 Å². The molecular formula is C43H83NO8. The second kappa shape index (κ2) is 34.4. The van der Waals surface area contributed by atoms with Gasteiger partial charge < -0.3 is 40.3 Å². The van der Waals surface area contributed by atoms with Gasteiger partial charge in [0.1, 0.15) is 24.4 Å². The fourth-order valence-electron chi connectivity index (χ4n) is 7.04. The molecule has 0 aromatic carbocycles. The lowest BCUT2D eigenvalue weighted by Gasteiger charge is -2.40. The molecule has 52 heavy (non-hydrogen) atoms. The largest absolute Gasteiger partial charge is 0.394 e. The van der Waals surface area contributed by atoms with Crippen LogP contribution in [0.15, 0.2) is 12.2 Å². The molecule has 6 N–H and O–H groups in total. The zero-order valence-electron chi connectivity index (χ0n) is 33.6. The van der Waals surface area contributed by atoms with E-state index in [9.17, 15) is 30.3 Å². The van der Waals surface area contributed by atoms with Crippen LogP contribution in [0, 0.1) is 0 Å². The standard InChI is InChI=1S/C43H83NO8/c1-3-5-7-9-11-13-15-16-17-18-19-20-21-22-23-25-27-29-31-33-39(47)44-36(35-51-43-42(50)41(49)40(48)38(34-45)52-43)37(46)32-30-28-26-24-14-12-10-8-6-4-2/h30,32,36-38,40-43,45-46,48-50H,3-29,31,33-35H2,1-2H3,(H,44,47)/b32-30+/t36-,37+,38-,40-,41?,42?,43-/m0/s1. The van der Waals surface area contributed by atoms with Crippen LogP contribution < -0.4 is 5.32 Å². The summed E-state index contributed by atoms with van der Waals surface area (Å²) < 4.78 is 11.2. The van der Waals surface area contributed by atoms with Gasteiger partial charge in [0.05, 0.1) is 25.4 Å². The molecule has 0 spiro atoms. The van der Waals surface area contributed by atoms with Crippen molar-refractivity contribution in [2.75, 3.05) is 13.2 Å². The second-order valence-corrected chi connectivity index (χ2v) is 15.5. The number of carbonyl (C=O) groups is 1. The molecule has 0 bridgehead atoms. The van der Waals surface area contributed by atoms with E-state index in [2.05, 4.69) is 19.2 Å². The lowest BCUT2D eigenvalue weighted by Crippen LogP contribution is -2.60. The molecule has 1 aliphatic rings. The maximum Gasteiger partial charge on any atom is 0.220 e. The van der Waals surface area contributed by atoms with Gasteiger partial charge >= 0.3 is 0 Å². The highest BCUT2D eigenvalue weighted by atomic mass is 16.7. The number of aliphatic hydroxyl groups is 5. The Morgan fingerprint density at radius 1 is 0.635 bits per heavy atom. The van der Waals surface area contributed by atoms with Crippen molar-refractivity contribution in [1.82, 2.24) is 5.32 Å². The van der Waals surface area contributed by atoms with Crippen molar-refractivity contribution in [3.63, 3.8) is 0 Å². The topological polar surface area (TPSA) is 149 Å². The molecule has 0 aromatic heterocycles. The quantitative estimate of drug-likeness (QED) is 0.0277. The summed E-state index contributed by atoms with van der Waals surface area (Å²) in [6.45, 7) is 3.75. The van der Waals surface area contributed by atoms with Gasteiger partial charge in [-0.2, -0.15) is 0 Å². The van der Waals surface area contributed by atoms with Gasteiger partial charge in [-0.05, 0) is 19.3 Å².